The van der Waals surface area contributed by atoms with E-state index in [0.717, 1.165) is 25.7 Å². The summed E-state index contributed by atoms with van der Waals surface area (Å²) in [6, 6.07) is 0. The maximum atomic E-state index is 11.6. The van der Waals surface area contributed by atoms with Crippen LogP contribution in [0.4, 0.5) is 0 Å². The van der Waals surface area contributed by atoms with Gasteiger partial charge in [-0.15, -0.1) is 12.3 Å². The molecule has 0 aliphatic carbocycles. The molecule has 1 heterocycles. The van der Waals surface area contributed by atoms with E-state index in [1.807, 2.05) is 0 Å². The topological polar surface area (TPSA) is 55.4 Å². The summed E-state index contributed by atoms with van der Waals surface area (Å²) in [6.07, 6.45) is 9.13. The first kappa shape index (κ1) is 13.5. The molecule has 0 radical (unpaired) electrons. The molecular weight excluding hydrogens is 226 g/mol. The zero-order valence-corrected chi connectivity index (χ0v) is 10.3. The summed E-state index contributed by atoms with van der Waals surface area (Å²) in [6.45, 7) is 1.15. The second-order valence-electron chi connectivity index (χ2n) is 3.97. The van der Waals surface area contributed by atoms with Crippen LogP contribution in [-0.4, -0.2) is 33.4 Å². The molecular formula is C11H19NO3S. The lowest BCUT2D eigenvalue weighted by atomic mass is 10.2. The number of ether oxygens (including phenoxy) is 1. The second kappa shape index (κ2) is 6.89. The highest BCUT2D eigenvalue weighted by atomic mass is 32.2. The van der Waals surface area contributed by atoms with Crippen LogP contribution in [0.15, 0.2) is 0 Å². The molecule has 0 aromatic heterocycles. The first-order valence-electron chi connectivity index (χ1n) is 5.66. The standard InChI is InChI=1S/C11H19NO3S/c1-2-3-4-5-8-12-16(13,14)10-11-7-6-9-15-11/h1,11-12H,3-10H2. The van der Waals surface area contributed by atoms with E-state index >= 15 is 0 Å². The van der Waals surface area contributed by atoms with Crippen LogP contribution in [0.2, 0.25) is 0 Å². The van der Waals surface area contributed by atoms with Gasteiger partial charge in [0.15, 0.2) is 0 Å². The van der Waals surface area contributed by atoms with E-state index in [1.165, 1.54) is 0 Å². The Morgan fingerprint density at radius 3 is 2.88 bits per heavy atom. The second-order valence-corrected chi connectivity index (χ2v) is 5.82. The number of hydrogen-bond donors (Lipinski definition) is 1. The van der Waals surface area contributed by atoms with Crippen molar-refractivity contribution in [1.82, 2.24) is 4.72 Å². The molecule has 1 fully saturated rings. The van der Waals surface area contributed by atoms with Gasteiger partial charge in [-0.2, -0.15) is 0 Å². The first-order valence-corrected chi connectivity index (χ1v) is 7.32. The van der Waals surface area contributed by atoms with E-state index in [-0.39, 0.29) is 11.9 Å². The maximum Gasteiger partial charge on any atom is 0.214 e. The van der Waals surface area contributed by atoms with Gasteiger partial charge < -0.3 is 4.74 Å². The van der Waals surface area contributed by atoms with Crippen LogP contribution in [-0.2, 0) is 14.8 Å². The Labute approximate surface area is 97.8 Å². The summed E-state index contributed by atoms with van der Waals surface area (Å²) in [5, 5.41) is 0. The van der Waals surface area contributed by atoms with E-state index in [0.29, 0.717) is 19.6 Å². The van der Waals surface area contributed by atoms with Crippen LogP contribution < -0.4 is 4.72 Å². The van der Waals surface area contributed by atoms with Gasteiger partial charge in [0.2, 0.25) is 10.0 Å². The van der Waals surface area contributed by atoms with Gasteiger partial charge in [0, 0.05) is 19.6 Å². The molecule has 0 aromatic carbocycles. The Balaban J connectivity index is 2.16. The van der Waals surface area contributed by atoms with Crippen LogP contribution in [0, 0.1) is 12.3 Å². The molecule has 1 aliphatic heterocycles. The molecule has 92 valence electrons. The molecule has 0 amide bonds. The molecule has 0 bridgehead atoms. The minimum absolute atomic E-state index is 0.0855. The zero-order valence-electron chi connectivity index (χ0n) is 9.44. The fourth-order valence-electron chi connectivity index (χ4n) is 1.66. The third kappa shape index (κ3) is 5.50. The Hall–Kier alpha value is -0.570. The van der Waals surface area contributed by atoms with Crippen molar-refractivity contribution in [3.8, 4) is 12.3 Å². The molecule has 0 spiro atoms. The number of nitrogens with one attached hydrogen (secondary N) is 1. The molecule has 0 saturated carbocycles. The van der Waals surface area contributed by atoms with E-state index in [1.54, 1.807) is 0 Å². The zero-order chi connectivity index (χ0) is 11.9. The van der Waals surface area contributed by atoms with Crippen molar-refractivity contribution in [2.24, 2.45) is 0 Å². The lowest BCUT2D eigenvalue weighted by molar-refractivity contribution is 0.127. The van der Waals surface area contributed by atoms with Gasteiger partial charge in [0.05, 0.1) is 11.9 Å². The SMILES string of the molecule is C#CCCCCNS(=O)(=O)CC1CCCO1. The Morgan fingerprint density at radius 2 is 2.25 bits per heavy atom. The maximum absolute atomic E-state index is 11.6. The van der Waals surface area contributed by atoms with Crippen LogP contribution in [0.25, 0.3) is 0 Å². The van der Waals surface area contributed by atoms with Crippen molar-refractivity contribution in [3.63, 3.8) is 0 Å². The highest BCUT2D eigenvalue weighted by Crippen LogP contribution is 2.13. The van der Waals surface area contributed by atoms with Crippen molar-refractivity contribution in [2.75, 3.05) is 18.9 Å². The summed E-state index contributed by atoms with van der Waals surface area (Å²) in [7, 11) is -3.18. The summed E-state index contributed by atoms with van der Waals surface area (Å²) >= 11 is 0. The minimum atomic E-state index is -3.18. The third-order valence-electron chi connectivity index (χ3n) is 2.50. The fourth-order valence-corrected chi connectivity index (χ4v) is 2.98. The monoisotopic (exact) mass is 245 g/mol. The Kier molecular flexibility index (Phi) is 5.81. The smallest absolute Gasteiger partial charge is 0.214 e. The van der Waals surface area contributed by atoms with E-state index < -0.39 is 10.0 Å². The van der Waals surface area contributed by atoms with Crippen LogP contribution in [0.1, 0.15) is 32.1 Å². The molecule has 0 aromatic rings. The number of unbranched alkanes of at least 4 members (excludes halogenated alkanes) is 2. The number of terminal acetylenes is 1. The van der Waals surface area contributed by atoms with Crippen LogP contribution >= 0.6 is 0 Å². The number of sulfonamides is 1. The molecule has 4 nitrogen and oxygen atoms in total. The highest BCUT2D eigenvalue weighted by Gasteiger charge is 2.22. The van der Waals surface area contributed by atoms with Crippen molar-refractivity contribution in [2.45, 2.75) is 38.2 Å². The predicted molar refractivity (Wildman–Crippen MR) is 63.4 cm³/mol. The van der Waals surface area contributed by atoms with E-state index in [4.69, 9.17) is 11.2 Å². The lowest BCUT2D eigenvalue weighted by Crippen LogP contribution is -2.32. The molecule has 5 heteroatoms. The van der Waals surface area contributed by atoms with Gasteiger partial charge in [-0.25, -0.2) is 13.1 Å². The quantitative estimate of drug-likeness (QED) is 0.535. The summed E-state index contributed by atoms with van der Waals surface area (Å²) in [5.74, 6) is 2.61. The summed E-state index contributed by atoms with van der Waals surface area (Å²) < 4.78 is 31.0. The average Bonchev–Trinajstić information content (AvgIpc) is 2.69. The van der Waals surface area contributed by atoms with Gasteiger partial charge in [-0.3, -0.25) is 0 Å². The largest absolute Gasteiger partial charge is 0.377 e. The normalized spacial score (nSPS) is 20.8. The van der Waals surface area contributed by atoms with Gasteiger partial charge in [0.1, 0.15) is 0 Å². The molecule has 1 aliphatic rings. The van der Waals surface area contributed by atoms with E-state index in [9.17, 15) is 8.42 Å². The predicted octanol–water partition coefficient (Wildman–Crippen LogP) is 0.888. The fraction of sp³-hybridized carbons (Fsp3) is 0.818. The molecule has 1 atom stereocenters. The van der Waals surface area contributed by atoms with Gasteiger partial charge >= 0.3 is 0 Å². The van der Waals surface area contributed by atoms with Gasteiger partial charge in [-0.1, -0.05) is 0 Å². The summed E-state index contributed by atoms with van der Waals surface area (Å²) in [5.41, 5.74) is 0. The number of rotatable bonds is 7. The van der Waals surface area contributed by atoms with Crippen molar-refractivity contribution < 1.29 is 13.2 Å². The first-order chi connectivity index (χ1) is 7.64. The summed E-state index contributed by atoms with van der Waals surface area (Å²) in [4.78, 5) is 0. The van der Waals surface area contributed by atoms with E-state index in [2.05, 4.69) is 10.6 Å². The van der Waals surface area contributed by atoms with Crippen LogP contribution in [0.5, 0.6) is 0 Å². The molecule has 1 N–H and O–H groups in total. The molecule has 1 rings (SSSR count). The average molecular weight is 245 g/mol. The van der Waals surface area contributed by atoms with Crippen molar-refractivity contribution in [3.05, 3.63) is 0 Å². The highest BCUT2D eigenvalue weighted by molar-refractivity contribution is 7.89. The van der Waals surface area contributed by atoms with Crippen molar-refractivity contribution in [1.29, 1.82) is 0 Å². The third-order valence-corrected chi connectivity index (χ3v) is 3.95. The lowest BCUT2D eigenvalue weighted by Gasteiger charge is -2.10. The molecule has 16 heavy (non-hydrogen) atoms. The van der Waals surface area contributed by atoms with Gasteiger partial charge in [0.25, 0.3) is 0 Å². The Morgan fingerprint density at radius 1 is 1.44 bits per heavy atom. The molecule has 1 saturated heterocycles. The van der Waals surface area contributed by atoms with Crippen LogP contribution in [0.3, 0.4) is 0 Å². The Bertz CT molecular complexity index is 326. The van der Waals surface area contributed by atoms with Gasteiger partial charge in [-0.05, 0) is 25.7 Å². The number of hydrogen-bond acceptors (Lipinski definition) is 3. The van der Waals surface area contributed by atoms with Crippen molar-refractivity contribution >= 4 is 10.0 Å². The molecule has 1 unspecified atom stereocenters. The minimum Gasteiger partial charge on any atom is -0.377 e.